The van der Waals surface area contributed by atoms with Crippen LogP contribution in [0.2, 0.25) is 0 Å². The standard InChI is InChI=1S/C21H22N4O3S/c1-14-23-17(11-29-14)20(26)24-8-7-21(12-24)13-25-18(9-22-19(25)10-28-21)15-3-5-16(27-2)6-4-15/h3-6,9,11H,7-8,10,12-13H2,1-2H3/t21-/m1/s1. The minimum absolute atomic E-state index is 0.0124. The van der Waals surface area contributed by atoms with Crippen molar-refractivity contribution in [2.45, 2.75) is 32.1 Å². The summed E-state index contributed by atoms with van der Waals surface area (Å²) in [6.45, 7) is 4.30. The summed E-state index contributed by atoms with van der Waals surface area (Å²) < 4.78 is 13.7. The van der Waals surface area contributed by atoms with Gasteiger partial charge in [-0.3, -0.25) is 4.79 Å². The third kappa shape index (κ3) is 3.22. The molecule has 2 aromatic heterocycles. The van der Waals surface area contributed by atoms with Gasteiger partial charge in [0.15, 0.2) is 0 Å². The SMILES string of the molecule is COc1ccc(-c2cnc3n2C[C@]2(CCN(C(=O)c4csc(C)n4)C2)OC3)cc1. The zero-order valence-corrected chi connectivity index (χ0v) is 17.2. The summed E-state index contributed by atoms with van der Waals surface area (Å²) in [5, 5.41) is 2.74. The Morgan fingerprint density at radius 1 is 1.28 bits per heavy atom. The maximum atomic E-state index is 12.8. The number of benzene rings is 1. The van der Waals surface area contributed by atoms with Crippen molar-refractivity contribution >= 4 is 17.2 Å². The first-order valence-corrected chi connectivity index (χ1v) is 10.5. The molecular weight excluding hydrogens is 388 g/mol. The van der Waals surface area contributed by atoms with Crippen LogP contribution >= 0.6 is 11.3 Å². The number of rotatable bonds is 3. The second-order valence-corrected chi connectivity index (χ2v) is 8.64. The van der Waals surface area contributed by atoms with E-state index in [4.69, 9.17) is 9.47 Å². The zero-order valence-electron chi connectivity index (χ0n) is 16.4. The summed E-state index contributed by atoms with van der Waals surface area (Å²) in [6, 6.07) is 7.99. The number of hydrogen-bond acceptors (Lipinski definition) is 6. The number of amides is 1. The van der Waals surface area contributed by atoms with E-state index in [-0.39, 0.29) is 11.5 Å². The van der Waals surface area contributed by atoms with Gasteiger partial charge in [-0.25, -0.2) is 9.97 Å². The van der Waals surface area contributed by atoms with Crippen molar-refractivity contribution < 1.29 is 14.3 Å². The average molecular weight is 410 g/mol. The van der Waals surface area contributed by atoms with Gasteiger partial charge < -0.3 is 18.9 Å². The van der Waals surface area contributed by atoms with Crippen LogP contribution in [0.4, 0.5) is 0 Å². The Labute approximate surface area is 172 Å². The third-order valence-electron chi connectivity index (χ3n) is 5.72. The highest BCUT2D eigenvalue weighted by molar-refractivity contribution is 7.09. The van der Waals surface area contributed by atoms with Crippen molar-refractivity contribution in [3.63, 3.8) is 0 Å². The minimum Gasteiger partial charge on any atom is -0.497 e. The number of imidazole rings is 1. The molecule has 0 radical (unpaired) electrons. The van der Waals surface area contributed by atoms with Crippen LogP contribution in [0.25, 0.3) is 11.3 Å². The molecular formula is C21H22N4O3S. The molecule has 0 unspecified atom stereocenters. The number of fused-ring (bicyclic) bond motifs is 1. The molecule has 5 rings (SSSR count). The monoisotopic (exact) mass is 410 g/mol. The van der Waals surface area contributed by atoms with Crippen molar-refractivity contribution in [1.82, 2.24) is 19.4 Å². The number of methoxy groups -OCH3 is 1. The van der Waals surface area contributed by atoms with Crippen molar-refractivity contribution in [1.29, 1.82) is 0 Å². The van der Waals surface area contributed by atoms with E-state index in [9.17, 15) is 4.79 Å². The molecule has 2 aliphatic rings. The number of nitrogens with zero attached hydrogens (tertiary/aromatic N) is 4. The number of likely N-dealkylation sites (tertiary alicyclic amines) is 1. The fourth-order valence-corrected chi connectivity index (χ4v) is 4.72. The predicted octanol–water partition coefficient (Wildman–Crippen LogP) is 3.14. The Balaban J connectivity index is 1.38. The third-order valence-corrected chi connectivity index (χ3v) is 6.49. The lowest BCUT2D eigenvalue weighted by Crippen LogP contribution is -2.45. The smallest absolute Gasteiger partial charge is 0.273 e. The molecule has 0 N–H and O–H groups in total. The largest absolute Gasteiger partial charge is 0.497 e. The van der Waals surface area contributed by atoms with Gasteiger partial charge >= 0.3 is 0 Å². The molecule has 1 amide bonds. The molecule has 7 nitrogen and oxygen atoms in total. The van der Waals surface area contributed by atoms with E-state index >= 15 is 0 Å². The predicted molar refractivity (Wildman–Crippen MR) is 109 cm³/mol. The van der Waals surface area contributed by atoms with E-state index in [0.717, 1.165) is 34.3 Å². The summed E-state index contributed by atoms with van der Waals surface area (Å²) in [4.78, 5) is 23.6. The molecule has 8 heteroatoms. The van der Waals surface area contributed by atoms with E-state index < -0.39 is 0 Å². The Bertz CT molecular complexity index is 1060. The van der Waals surface area contributed by atoms with Gasteiger partial charge in [-0.05, 0) is 37.6 Å². The van der Waals surface area contributed by atoms with Crippen molar-refractivity contribution in [3.8, 4) is 17.0 Å². The van der Waals surface area contributed by atoms with Gasteiger partial charge in [0.05, 0.1) is 37.1 Å². The average Bonchev–Trinajstić information content (AvgIpc) is 3.46. The van der Waals surface area contributed by atoms with E-state index in [1.807, 2.05) is 47.7 Å². The van der Waals surface area contributed by atoms with Crippen molar-refractivity contribution in [3.05, 3.63) is 52.4 Å². The molecule has 150 valence electrons. The molecule has 2 aliphatic heterocycles. The number of carbonyl (C=O) groups is 1. The fraction of sp³-hybridized carbons (Fsp3) is 0.381. The van der Waals surface area contributed by atoms with Crippen LogP contribution < -0.4 is 4.74 Å². The van der Waals surface area contributed by atoms with Crippen molar-refractivity contribution in [2.75, 3.05) is 20.2 Å². The molecule has 0 aliphatic carbocycles. The first-order chi connectivity index (χ1) is 14.1. The number of aryl methyl sites for hydroxylation is 1. The maximum Gasteiger partial charge on any atom is 0.273 e. The number of hydrogen-bond donors (Lipinski definition) is 0. The molecule has 1 spiro atoms. The lowest BCUT2D eigenvalue weighted by molar-refractivity contribution is -0.0804. The molecule has 4 heterocycles. The fourth-order valence-electron chi connectivity index (χ4n) is 4.14. The Morgan fingerprint density at radius 3 is 2.83 bits per heavy atom. The lowest BCUT2D eigenvalue weighted by atomic mass is 10.0. The Morgan fingerprint density at radius 2 is 2.10 bits per heavy atom. The van der Waals surface area contributed by atoms with Gasteiger partial charge in [0.2, 0.25) is 0 Å². The minimum atomic E-state index is -0.379. The highest BCUT2D eigenvalue weighted by Crippen LogP contribution is 2.36. The van der Waals surface area contributed by atoms with Crippen LogP contribution in [0.3, 0.4) is 0 Å². The molecule has 3 aromatic rings. The van der Waals surface area contributed by atoms with E-state index in [1.165, 1.54) is 11.3 Å². The molecule has 1 fully saturated rings. The van der Waals surface area contributed by atoms with Gasteiger partial charge in [-0.1, -0.05) is 0 Å². The quantitative estimate of drug-likeness (QED) is 0.664. The van der Waals surface area contributed by atoms with Gasteiger partial charge in [0.1, 0.15) is 29.5 Å². The van der Waals surface area contributed by atoms with E-state index in [1.54, 1.807) is 7.11 Å². The zero-order chi connectivity index (χ0) is 20.0. The Kier molecular flexibility index (Phi) is 4.40. The number of ether oxygens (including phenoxy) is 2. The van der Waals surface area contributed by atoms with Crippen molar-refractivity contribution in [2.24, 2.45) is 0 Å². The summed E-state index contributed by atoms with van der Waals surface area (Å²) in [5.41, 5.74) is 2.30. The number of aromatic nitrogens is 3. The van der Waals surface area contributed by atoms with Crippen LogP contribution in [0.5, 0.6) is 5.75 Å². The second-order valence-electron chi connectivity index (χ2n) is 7.57. The van der Waals surface area contributed by atoms with Crippen LogP contribution in [0.15, 0.2) is 35.8 Å². The van der Waals surface area contributed by atoms with Crippen LogP contribution in [-0.2, 0) is 17.9 Å². The van der Waals surface area contributed by atoms with Crippen LogP contribution in [0, 0.1) is 6.92 Å². The molecule has 29 heavy (non-hydrogen) atoms. The van der Waals surface area contributed by atoms with Gasteiger partial charge in [-0.15, -0.1) is 11.3 Å². The summed E-state index contributed by atoms with van der Waals surface area (Å²) in [7, 11) is 1.66. The van der Waals surface area contributed by atoms with Crippen LogP contribution in [0.1, 0.15) is 27.7 Å². The van der Waals surface area contributed by atoms with E-state index in [0.29, 0.717) is 31.9 Å². The second kappa shape index (κ2) is 6.96. The highest BCUT2D eigenvalue weighted by Gasteiger charge is 2.45. The topological polar surface area (TPSA) is 69.5 Å². The maximum absolute atomic E-state index is 12.8. The molecule has 0 saturated carbocycles. The van der Waals surface area contributed by atoms with Gasteiger partial charge in [-0.2, -0.15) is 0 Å². The number of thiazole rings is 1. The first kappa shape index (κ1) is 18.3. The highest BCUT2D eigenvalue weighted by atomic mass is 32.1. The Hall–Kier alpha value is -2.71. The number of carbonyl (C=O) groups excluding carboxylic acids is 1. The first-order valence-electron chi connectivity index (χ1n) is 9.61. The summed E-state index contributed by atoms with van der Waals surface area (Å²) in [6.07, 6.45) is 2.71. The van der Waals surface area contributed by atoms with Gasteiger partial charge in [0, 0.05) is 17.5 Å². The normalized spacial score (nSPS) is 20.8. The summed E-state index contributed by atoms with van der Waals surface area (Å²) >= 11 is 1.50. The molecule has 1 atom stereocenters. The molecule has 0 bridgehead atoms. The summed E-state index contributed by atoms with van der Waals surface area (Å²) in [5.74, 6) is 1.73. The molecule has 1 saturated heterocycles. The van der Waals surface area contributed by atoms with Gasteiger partial charge in [0.25, 0.3) is 5.91 Å². The lowest BCUT2D eigenvalue weighted by Gasteiger charge is -2.35. The van der Waals surface area contributed by atoms with E-state index in [2.05, 4.69) is 14.5 Å². The molecule has 1 aromatic carbocycles. The van der Waals surface area contributed by atoms with Crippen LogP contribution in [-0.4, -0.2) is 51.1 Å².